The maximum absolute atomic E-state index is 12.8. The first kappa shape index (κ1) is 19.5. The van der Waals surface area contributed by atoms with E-state index in [1.54, 1.807) is 26.0 Å². The van der Waals surface area contributed by atoms with Gasteiger partial charge in [-0.15, -0.1) is 0 Å². The summed E-state index contributed by atoms with van der Waals surface area (Å²) in [6.07, 6.45) is 0.271. The molecule has 2 aromatic carbocycles. The van der Waals surface area contributed by atoms with Crippen molar-refractivity contribution in [1.82, 2.24) is 0 Å². The minimum atomic E-state index is -1.05. The molecule has 1 aromatic heterocycles. The number of hydrogen-bond donors (Lipinski definition) is 1. The van der Waals surface area contributed by atoms with Gasteiger partial charge in [0.15, 0.2) is 6.10 Å². The van der Waals surface area contributed by atoms with E-state index in [-0.39, 0.29) is 17.1 Å². The molecule has 6 nitrogen and oxygen atoms in total. The summed E-state index contributed by atoms with van der Waals surface area (Å²) in [5, 5.41) is 9.60. The zero-order valence-corrected chi connectivity index (χ0v) is 16.2. The summed E-state index contributed by atoms with van der Waals surface area (Å²) < 4.78 is 16.9. The highest BCUT2D eigenvalue weighted by atomic mass is 16.5. The summed E-state index contributed by atoms with van der Waals surface area (Å²) in [6.45, 7) is 7.33. The molecule has 3 aromatic rings. The topological polar surface area (TPSA) is 86.0 Å². The molecule has 1 N–H and O–H groups in total. The number of carbonyl (C=O) groups is 1. The zero-order chi connectivity index (χ0) is 20.4. The predicted molar refractivity (Wildman–Crippen MR) is 105 cm³/mol. The highest BCUT2D eigenvalue weighted by Gasteiger charge is 2.24. The number of benzene rings is 2. The van der Waals surface area contributed by atoms with Crippen molar-refractivity contribution in [2.45, 2.75) is 33.8 Å². The van der Waals surface area contributed by atoms with Gasteiger partial charge in [-0.1, -0.05) is 32.0 Å². The third-order valence-electron chi connectivity index (χ3n) is 4.45. The molecule has 0 amide bonds. The van der Waals surface area contributed by atoms with Crippen LogP contribution in [0.1, 0.15) is 25.0 Å². The second kappa shape index (κ2) is 7.76. The van der Waals surface area contributed by atoms with Crippen molar-refractivity contribution in [1.29, 1.82) is 0 Å². The van der Waals surface area contributed by atoms with Crippen molar-refractivity contribution < 1.29 is 23.8 Å². The number of carboxylic acids is 1. The minimum Gasteiger partial charge on any atom is -0.478 e. The monoisotopic (exact) mass is 382 g/mol. The van der Waals surface area contributed by atoms with Crippen molar-refractivity contribution in [3.05, 3.63) is 64.0 Å². The van der Waals surface area contributed by atoms with Crippen LogP contribution >= 0.6 is 0 Å². The van der Waals surface area contributed by atoms with Crippen LogP contribution in [0, 0.1) is 19.8 Å². The van der Waals surface area contributed by atoms with Gasteiger partial charge in [0.25, 0.3) is 0 Å². The number of carboxylic acid groups (broad SMARTS) is 1. The van der Waals surface area contributed by atoms with E-state index in [2.05, 4.69) is 0 Å². The Morgan fingerprint density at radius 3 is 2.39 bits per heavy atom. The summed E-state index contributed by atoms with van der Waals surface area (Å²) in [5.74, 6) is -0.234. The third-order valence-corrected chi connectivity index (χ3v) is 4.45. The van der Waals surface area contributed by atoms with E-state index < -0.39 is 12.1 Å². The molecule has 0 spiro atoms. The van der Waals surface area contributed by atoms with Crippen LogP contribution in [0.2, 0.25) is 0 Å². The second-order valence-corrected chi connectivity index (χ2v) is 7.03. The van der Waals surface area contributed by atoms with E-state index in [4.69, 9.17) is 13.9 Å². The smallest absolute Gasteiger partial charge is 0.345 e. The Kier molecular flexibility index (Phi) is 5.40. The molecule has 0 radical (unpaired) electrons. The number of rotatable bonds is 6. The van der Waals surface area contributed by atoms with E-state index in [1.807, 2.05) is 32.0 Å². The predicted octanol–water partition coefficient (Wildman–Crippen LogP) is 4.69. The Bertz CT molecular complexity index is 1060. The SMILES string of the molecule is Cc1cccc(C)c1Oc1coc2cc(OC(C(=O)O)C(C)C)ccc2c1=O. The van der Waals surface area contributed by atoms with Crippen LogP contribution in [-0.4, -0.2) is 17.2 Å². The van der Waals surface area contributed by atoms with Gasteiger partial charge in [-0.05, 0) is 37.1 Å². The first-order valence-electron chi connectivity index (χ1n) is 8.97. The van der Waals surface area contributed by atoms with Gasteiger partial charge in [0.1, 0.15) is 23.3 Å². The number of aliphatic carboxylic acids is 1. The quantitative estimate of drug-likeness (QED) is 0.666. The number of aryl methyl sites for hydroxylation is 2. The molecule has 0 aliphatic rings. The Morgan fingerprint density at radius 1 is 1.11 bits per heavy atom. The van der Waals surface area contributed by atoms with E-state index in [0.717, 1.165) is 11.1 Å². The van der Waals surface area contributed by atoms with Crippen molar-refractivity contribution in [2.24, 2.45) is 5.92 Å². The van der Waals surface area contributed by atoms with Gasteiger partial charge in [-0.3, -0.25) is 4.79 Å². The fraction of sp³-hybridized carbons (Fsp3) is 0.273. The first-order valence-corrected chi connectivity index (χ1v) is 8.97. The van der Waals surface area contributed by atoms with Crippen LogP contribution in [0.4, 0.5) is 0 Å². The number of hydrogen-bond acceptors (Lipinski definition) is 5. The lowest BCUT2D eigenvalue weighted by molar-refractivity contribution is -0.147. The van der Waals surface area contributed by atoms with E-state index in [9.17, 15) is 14.7 Å². The van der Waals surface area contributed by atoms with E-state index in [1.165, 1.54) is 12.3 Å². The maximum Gasteiger partial charge on any atom is 0.345 e. The average molecular weight is 382 g/mol. The van der Waals surface area contributed by atoms with Gasteiger partial charge in [-0.25, -0.2) is 4.79 Å². The van der Waals surface area contributed by atoms with Gasteiger partial charge in [-0.2, -0.15) is 0 Å². The van der Waals surface area contributed by atoms with Crippen LogP contribution in [-0.2, 0) is 4.79 Å². The molecule has 6 heteroatoms. The Morgan fingerprint density at radius 2 is 1.79 bits per heavy atom. The molecule has 3 rings (SSSR count). The number of fused-ring (bicyclic) bond motifs is 1. The molecule has 28 heavy (non-hydrogen) atoms. The first-order chi connectivity index (χ1) is 13.3. The average Bonchev–Trinajstić information content (AvgIpc) is 2.64. The van der Waals surface area contributed by atoms with Gasteiger partial charge >= 0.3 is 5.97 Å². The summed E-state index contributed by atoms with van der Waals surface area (Å²) in [4.78, 5) is 24.1. The largest absolute Gasteiger partial charge is 0.478 e. The van der Waals surface area contributed by atoms with Crippen LogP contribution in [0.3, 0.4) is 0 Å². The van der Waals surface area contributed by atoms with Gasteiger partial charge in [0.2, 0.25) is 11.2 Å². The van der Waals surface area contributed by atoms with Gasteiger partial charge in [0, 0.05) is 12.0 Å². The molecule has 0 bridgehead atoms. The van der Waals surface area contributed by atoms with E-state index >= 15 is 0 Å². The molecule has 1 atom stereocenters. The molecular weight excluding hydrogens is 360 g/mol. The van der Waals surface area contributed by atoms with Crippen molar-refractivity contribution in [2.75, 3.05) is 0 Å². The van der Waals surface area contributed by atoms with Crippen LogP contribution in [0.5, 0.6) is 17.2 Å². The zero-order valence-electron chi connectivity index (χ0n) is 16.2. The molecule has 1 unspecified atom stereocenters. The molecule has 1 heterocycles. The fourth-order valence-electron chi connectivity index (χ4n) is 2.92. The highest BCUT2D eigenvalue weighted by molar-refractivity contribution is 5.79. The Balaban J connectivity index is 1.95. The van der Waals surface area contributed by atoms with Crippen LogP contribution < -0.4 is 14.9 Å². The van der Waals surface area contributed by atoms with Crippen molar-refractivity contribution in [3.63, 3.8) is 0 Å². The molecule has 0 aliphatic carbocycles. The van der Waals surface area contributed by atoms with Crippen molar-refractivity contribution in [3.8, 4) is 17.2 Å². The summed E-state index contributed by atoms with van der Waals surface area (Å²) in [5.41, 5.74) is 1.81. The highest BCUT2D eigenvalue weighted by Crippen LogP contribution is 2.29. The maximum atomic E-state index is 12.8. The molecule has 0 saturated carbocycles. The third kappa shape index (κ3) is 3.86. The number of ether oxygens (including phenoxy) is 2. The minimum absolute atomic E-state index is 0.0872. The van der Waals surface area contributed by atoms with Gasteiger partial charge < -0.3 is 19.0 Å². The van der Waals surface area contributed by atoms with E-state index in [0.29, 0.717) is 22.5 Å². The van der Waals surface area contributed by atoms with Gasteiger partial charge in [0.05, 0.1) is 5.39 Å². The normalized spacial score (nSPS) is 12.2. The molecule has 146 valence electrons. The lowest BCUT2D eigenvalue weighted by Gasteiger charge is -2.18. The summed E-state index contributed by atoms with van der Waals surface area (Å²) >= 11 is 0. The Hall–Kier alpha value is -3.28. The lowest BCUT2D eigenvalue weighted by Crippen LogP contribution is -2.32. The second-order valence-electron chi connectivity index (χ2n) is 7.03. The van der Waals surface area contributed by atoms with Crippen LogP contribution in [0.15, 0.2) is 51.9 Å². The standard InChI is InChI=1S/C22H22O6/c1-12(2)20(22(24)25)27-15-8-9-16-17(10-15)26-11-18(19(16)23)28-21-13(3)6-5-7-14(21)4/h5-12,20H,1-4H3,(H,24,25). The van der Waals surface area contributed by atoms with Crippen LogP contribution in [0.25, 0.3) is 11.0 Å². The lowest BCUT2D eigenvalue weighted by atomic mass is 10.1. The Labute approximate surface area is 162 Å². The molecule has 0 fully saturated rings. The number of para-hydroxylation sites is 1. The molecule has 0 aliphatic heterocycles. The molecule has 0 saturated heterocycles. The fourth-order valence-corrected chi connectivity index (χ4v) is 2.92. The molecular formula is C22H22O6. The van der Waals surface area contributed by atoms with Crippen molar-refractivity contribution >= 4 is 16.9 Å². The summed E-state index contributed by atoms with van der Waals surface area (Å²) in [6, 6.07) is 10.3. The summed E-state index contributed by atoms with van der Waals surface area (Å²) in [7, 11) is 0.